The van der Waals surface area contributed by atoms with Gasteiger partial charge in [0.05, 0.1) is 5.69 Å². The highest BCUT2D eigenvalue weighted by Gasteiger charge is 2.18. The van der Waals surface area contributed by atoms with Crippen LogP contribution in [0.4, 0.5) is 5.95 Å². The van der Waals surface area contributed by atoms with Gasteiger partial charge in [-0.3, -0.25) is 4.90 Å². The molecule has 1 aliphatic rings. The fourth-order valence-corrected chi connectivity index (χ4v) is 2.66. The van der Waals surface area contributed by atoms with E-state index in [1.165, 1.54) is 0 Å². The number of fused-ring (bicyclic) bond motifs is 1. The Kier molecular flexibility index (Phi) is 3.46. The fraction of sp³-hybridized carbons (Fsp3) is 0.286. The Morgan fingerprint density at radius 1 is 1.40 bits per heavy atom. The lowest BCUT2D eigenvalue weighted by Crippen LogP contribution is -2.31. The number of hydrogen-bond acceptors (Lipinski definition) is 5. The van der Waals surface area contributed by atoms with Crippen molar-refractivity contribution in [2.45, 2.75) is 19.5 Å². The summed E-state index contributed by atoms with van der Waals surface area (Å²) in [6, 6.07) is 5.08. The number of halogens is 1. The van der Waals surface area contributed by atoms with Crippen LogP contribution >= 0.6 is 11.6 Å². The quantitative estimate of drug-likeness (QED) is 0.884. The molecule has 2 aromatic rings. The smallest absolute Gasteiger partial charge is 0.220 e. The number of phenols is 1. The molecular weight excluding hydrogens is 276 g/mol. The molecule has 0 fully saturated rings. The number of aromatic nitrogens is 2. The normalized spacial score (nSPS) is 15.1. The third kappa shape index (κ3) is 2.69. The first kappa shape index (κ1) is 13.1. The maximum Gasteiger partial charge on any atom is 0.220 e. The standard InChI is InChI=1S/C14H15ClN4O/c15-12-5-11(20)2-1-9(12)7-19-4-3-13-10(8-19)6-17-14(16)18-13/h1-2,5-6,20H,3-4,7-8H2,(H2,16,17,18). The minimum Gasteiger partial charge on any atom is -0.508 e. The highest BCUT2D eigenvalue weighted by atomic mass is 35.5. The van der Waals surface area contributed by atoms with Gasteiger partial charge in [0.25, 0.3) is 0 Å². The van der Waals surface area contributed by atoms with E-state index in [0.717, 1.165) is 42.9 Å². The molecule has 0 atom stereocenters. The van der Waals surface area contributed by atoms with E-state index in [1.54, 1.807) is 18.3 Å². The van der Waals surface area contributed by atoms with Gasteiger partial charge in [-0.2, -0.15) is 0 Å². The van der Waals surface area contributed by atoms with Crippen molar-refractivity contribution in [3.05, 3.63) is 46.2 Å². The molecule has 0 saturated carbocycles. The van der Waals surface area contributed by atoms with Gasteiger partial charge >= 0.3 is 0 Å². The molecule has 6 heteroatoms. The first-order valence-corrected chi connectivity index (χ1v) is 6.79. The molecule has 2 heterocycles. The number of nitrogens with two attached hydrogens (primary N) is 1. The minimum atomic E-state index is 0.187. The van der Waals surface area contributed by atoms with E-state index in [9.17, 15) is 5.11 Å². The molecule has 0 amide bonds. The third-order valence-electron chi connectivity index (χ3n) is 3.46. The van der Waals surface area contributed by atoms with Crippen LogP contribution in [0.1, 0.15) is 16.8 Å². The molecule has 0 radical (unpaired) electrons. The lowest BCUT2D eigenvalue weighted by molar-refractivity contribution is 0.243. The van der Waals surface area contributed by atoms with Crippen LogP contribution in [0, 0.1) is 0 Å². The number of nitrogen functional groups attached to an aromatic ring is 1. The number of phenolic OH excluding ortho intramolecular Hbond substituents is 1. The number of rotatable bonds is 2. The number of nitrogens with zero attached hydrogens (tertiary/aromatic N) is 3. The van der Waals surface area contributed by atoms with E-state index in [2.05, 4.69) is 14.9 Å². The monoisotopic (exact) mass is 290 g/mol. The van der Waals surface area contributed by atoms with Gasteiger partial charge in [-0.25, -0.2) is 9.97 Å². The van der Waals surface area contributed by atoms with Crippen LogP contribution < -0.4 is 5.73 Å². The molecule has 0 saturated heterocycles. The van der Waals surface area contributed by atoms with Crippen LogP contribution in [0.3, 0.4) is 0 Å². The van der Waals surface area contributed by atoms with Crippen LogP contribution in [-0.4, -0.2) is 26.5 Å². The molecule has 20 heavy (non-hydrogen) atoms. The fourth-order valence-electron chi connectivity index (χ4n) is 2.43. The average Bonchev–Trinajstić information content (AvgIpc) is 2.42. The van der Waals surface area contributed by atoms with E-state index in [0.29, 0.717) is 11.0 Å². The van der Waals surface area contributed by atoms with E-state index in [1.807, 2.05) is 6.07 Å². The van der Waals surface area contributed by atoms with Crippen molar-refractivity contribution in [3.8, 4) is 5.75 Å². The average molecular weight is 291 g/mol. The topological polar surface area (TPSA) is 75.3 Å². The zero-order valence-corrected chi connectivity index (χ0v) is 11.6. The molecule has 3 rings (SSSR count). The highest BCUT2D eigenvalue weighted by molar-refractivity contribution is 6.31. The minimum absolute atomic E-state index is 0.187. The third-order valence-corrected chi connectivity index (χ3v) is 3.81. The molecule has 3 N–H and O–H groups in total. The largest absolute Gasteiger partial charge is 0.508 e. The maximum absolute atomic E-state index is 9.37. The molecule has 104 valence electrons. The van der Waals surface area contributed by atoms with Crippen molar-refractivity contribution in [3.63, 3.8) is 0 Å². The SMILES string of the molecule is Nc1ncc2c(n1)CCN(Cc1ccc(O)cc1Cl)C2. The van der Waals surface area contributed by atoms with Crippen LogP contribution in [0.2, 0.25) is 5.02 Å². The van der Waals surface area contributed by atoms with Gasteiger partial charge in [0, 0.05) is 42.8 Å². The second kappa shape index (κ2) is 5.26. The number of anilines is 1. The lowest BCUT2D eigenvalue weighted by Gasteiger charge is -2.28. The molecular formula is C14H15ClN4O. The van der Waals surface area contributed by atoms with E-state index in [4.69, 9.17) is 17.3 Å². The Morgan fingerprint density at radius 2 is 2.25 bits per heavy atom. The Labute approximate surface area is 122 Å². The number of hydrogen-bond donors (Lipinski definition) is 2. The maximum atomic E-state index is 9.37. The van der Waals surface area contributed by atoms with Gasteiger partial charge in [-0.1, -0.05) is 17.7 Å². The molecule has 5 nitrogen and oxygen atoms in total. The van der Waals surface area contributed by atoms with Crippen LogP contribution in [0.15, 0.2) is 24.4 Å². The summed E-state index contributed by atoms with van der Waals surface area (Å²) in [5.41, 5.74) is 8.75. The molecule has 0 aliphatic carbocycles. The summed E-state index contributed by atoms with van der Waals surface area (Å²) in [7, 11) is 0. The molecule has 1 aromatic carbocycles. The van der Waals surface area contributed by atoms with Gasteiger partial charge < -0.3 is 10.8 Å². The molecule has 1 aromatic heterocycles. The summed E-state index contributed by atoms with van der Waals surface area (Å²) in [5.74, 6) is 0.519. The van der Waals surface area contributed by atoms with Crippen LogP contribution in [0.25, 0.3) is 0 Å². The van der Waals surface area contributed by atoms with Gasteiger partial charge in [-0.15, -0.1) is 0 Å². The molecule has 0 bridgehead atoms. The Hall–Kier alpha value is -1.85. The Balaban J connectivity index is 1.75. The van der Waals surface area contributed by atoms with Crippen LogP contribution in [0.5, 0.6) is 5.75 Å². The first-order chi connectivity index (χ1) is 9.61. The van der Waals surface area contributed by atoms with Gasteiger partial charge in [0.2, 0.25) is 5.95 Å². The molecule has 0 spiro atoms. The van der Waals surface area contributed by atoms with Crippen molar-refractivity contribution in [2.75, 3.05) is 12.3 Å². The molecule has 1 aliphatic heterocycles. The van der Waals surface area contributed by atoms with Crippen molar-refractivity contribution in [1.82, 2.24) is 14.9 Å². The highest BCUT2D eigenvalue weighted by Crippen LogP contribution is 2.25. The number of aromatic hydroxyl groups is 1. The number of benzene rings is 1. The van der Waals surface area contributed by atoms with Crippen molar-refractivity contribution in [2.24, 2.45) is 0 Å². The van der Waals surface area contributed by atoms with Gasteiger partial charge in [0.1, 0.15) is 5.75 Å². The molecule has 0 unspecified atom stereocenters. The predicted molar refractivity (Wildman–Crippen MR) is 77.4 cm³/mol. The zero-order chi connectivity index (χ0) is 14.1. The van der Waals surface area contributed by atoms with Crippen LogP contribution in [-0.2, 0) is 19.5 Å². The summed E-state index contributed by atoms with van der Waals surface area (Å²) < 4.78 is 0. The second-order valence-electron chi connectivity index (χ2n) is 4.94. The van der Waals surface area contributed by atoms with Crippen molar-refractivity contribution >= 4 is 17.5 Å². The zero-order valence-electron chi connectivity index (χ0n) is 10.9. The first-order valence-electron chi connectivity index (χ1n) is 6.42. The Bertz CT molecular complexity index is 647. The predicted octanol–water partition coefficient (Wildman–Crippen LogP) is 1.98. The van der Waals surface area contributed by atoms with E-state index < -0.39 is 0 Å². The summed E-state index contributed by atoms with van der Waals surface area (Å²) >= 11 is 6.14. The summed E-state index contributed by atoms with van der Waals surface area (Å²) in [4.78, 5) is 10.6. The van der Waals surface area contributed by atoms with Gasteiger partial charge in [0.15, 0.2) is 0 Å². The lowest BCUT2D eigenvalue weighted by atomic mass is 10.1. The Morgan fingerprint density at radius 3 is 3.05 bits per heavy atom. The van der Waals surface area contributed by atoms with Crippen molar-refractivity contribution in [1.29, 1.82) is 0 Å². The van der Waals surface area contributed by atoms with E-state index >= 15 is 0 Å². The van der Waals surface area contributed by atoms with E-state index in [-0.39, 0.29) is 5.75 Å². The van der Waals surface area contributed by atoms with Gasteiger partial charge in [-0.05, 0) is 17.7 Å². The summed E-state index contributed by atoms with van der Waals surface area (Å²) in [6.45, 7) is 2.43. The summed E-state index contributed by atoms with van der Waals surface area (Å²) in [6.07, 6.45) is 2.65. The second-order valence-corrected chi connectivity index (χ2v) is 5.34. The summed E-state index contributed by atoms with van der Waals surface area (Å²) in [5, 5.41) is 9.96. The van der Waals surface area contributed by atoms with Crippen molar-refractivity contribution < 1.29 is 5.11 Å².